The first-order valence-corrected chi connectivity index (χ1v) is 12.5. The maximum absolute atomic E-state index is 14.7. The summed E-state index contributed by atoms with van der Waals surface area (Å²) in [6.07, 6.45) is 0.158. The van der Waals surface area contributed by atoms with E-state index in [2.05, 4.69) is 14.9 Å². The van der Waals surface area contributed by atoms with Crippen molar-refractivity contribution in [2.75, 3.05) is 37.6 Å². The molecule has 1 saturated heterocycles. The normalized spacial score (nSPS) is 20.6. The first-order chi connectivity index (χ1) is 17.8. The topological polar surface area (TPSA) is 94.2 Å². The molecule has 1 amide bonds. The second-order valence-corrected chi connectivity index (χ2v) is 9.77. The summed E-state index contributed by atoms with van der Waals surface area (Å²) in [4.78, 5) is 40.2. The number of carbonyl (C=O) groups is 1. The Bertz CT molecular complexity index is 1360. The monoisotopic (exact) mass is 514 g/mol. The summed E-state index contributed by atoms with van der Waals surface area (Å²) >= 11 is 0. The van der Waals surface area contributed by atoms with Gasteiger partial charge in [-0.25, -0.2) is 18.7 Å². The van der Waals surface area contributed by atoms with Crippen LogP contribution in [0.1, 0.15) is 47.1 Å². The van der Waals surface area contributed by atoms with Crippen molar-refractivity contribution in [3.8, 4) is 0 Å². The number of aromatic nitrogens is 3. The largest absolute Gasteiger partial charge is 0.365 e. The summed E-state index contributed by atoms with van der Waals surface area (Å²) in [6, 6.07) is 8.90. The van der Waals surface area contributed by atoms with Crippen LogP contribution in [0, 0.1) is 12.9 Å². The Labute approximate surface area is 211 Å². The molecule has 1 aliphatic carbocycles. The number of piperazine rings is 1. The highest BCUT2D eigenvalue weighted by Gasteiger charge is 2.33. The van der Waals surface area contributed by atoms with Crippen LogP contribution < -0.4 is 15.8 Å². The van der Waals surface area contributed by atoms with Gasteiger partial charge in [0.15, 0.2) is 0 Å². The van der Waals surface area contributed by atoms with Crippen LogP contribution in [-0.4, -0.2) is 71.0 Å². The van der Waals surface area contributed by atoms with Gasteiger partial charge in [0.2, 0.25) is 5.95 Å². The fourth-order valence-corrected chi connectivity index (χ4v) is 5.38. The second kappa shape index (κ2) is 10.5. The number of aromatic amines is 1. The number of H-pyrrole nitrogens is 1. The van der Waals surface area contributed by atoms with E-state index in [1.54, 1.807) is 0 Å². The van der Waals surface area contributed by atoms with Gasteiger partial charge in [0.1, 0.15) is 11.5 Å². The third-order valence-electron chi connectivity index (χ3n) is 7.32. The molecular formula is C26H29F3N6O2. The Morgan fingerprint density at radius 1 is 1.14 bits per heavy atom. The molecular weight excluding hydrogens is 485 g/mol. The molecule has 3 heterocycles. The van der Waals surface area contributed by atoms with E-state index >= 15 is 0 Å². The number of hydrogen-bond donors (Lipinski definition) is 2. The molecule has 196 valence electrons. The van der Waals surface area contributed by atoms with Gasteiger partial charge < -0.3 is 15.2 Å². The van der Waals surface area contributed by atoms with Crippen LogP contribution in [0.2, 0.25) is 0 Å². The number of benzene rings is 1. The third kappa shape index (κ3) is 5.46. The first-order valence-electron chi connectivity index (χ1n) is 12.5. The Morgan fingerprint density at radius 2 is 1.92 bits per heavy atom. The highest BCUT2D eigenvalue weighted by molar-refractivity contribution is 5.92. The van der Waals surface area contributed by atoms with Gasteiger partial charge in [-0.15, -0.1) is 0 Å². The Kier molecular flexibility index (Phi) is 7.14. The summed E-state index contributed by atoms with van der Waals surface area (Å²) in [5.74, 6) is -0.690. The molecule has 2 N–H and O–H groups in total. The Morgan fingerprint density at radius 3 is 2.65 bits per heavy atom. The molecule has 8 nitrogen and oxygen atoms in total. The zero-order valence-electron chi connectivity index (χ0n) is 20.5. The molecule has 0 spiro atoms. The number of carbonyl (C=O) groups excluding carboxylic acids is 1. The van der Waals surface area contributed by atoms with Crippen LogP contribution in [-0.2, 0) is 0 Å². The lowest BCUT2D eigenvalue weighted by molar-refractivity contribution is 0.0886. The van der Waals surface area contributed by atoms with Crippen LogP contribution in [0.15, 0.2) is 35.1 Å². The quantitative estimate of drug-likeness (QED) is 0.491. The fourth-order valence-electron chi connectivity index (χ4n) is 5.38. The number of nitrogens with one attached hydrogen (secondary N) is 2. The molecule has 2 aliphatic rings. The number of alkyl halides is 2. The Balaban J connectivity index is 1.19. The van der Waals surface area contributed by atoms with E-state index in [9.17, 15) is 22.8 Å². The van der Waals surface area contributed by atoms with Crippen LogP contribution in [0.5, 0.6) is 0 Å². The van der Waals surface area contributed by atoms with Crippen molar-refractivity contribution in [2.45, 2.75) is 44.6 Å². The van der Waals surface area contributed by atoms with Crippen molar-refractivity contribution in [3.63, 3.8) is 0 Å². The molecule has 1 saturated carbocycles. The number of nitrogens with zero attached hydrogens (tertiary/aromatic N) is 4. The molecule has 1 aliphatic heterocycles. The summed E-state index contributed by atoms with van der Waals surface area (Å²) in [5.41, 5.74) is 1.70. The summed E-state index contributed by atoms with van der Waals surface area (Å²) in [5, 5.41) is 2.64. The van der Waals surface area contributed by atoms with Crippen molar-refractivity contribution in [1.82, 2.24) is 25.2 Å². The van der Waals surface area contributed by atoms with E-state index in [1.807, 2.05) is 35.3 Å². The number of rotatable bonds is 6. The SMILES string of the molecule is Cc1ccc2nc([C@@H]3CC[C@H](N4CCN(c5ccc(C(=O)NCC(F)F)nc5F)CC4)C3)[nH]c(=O)c2c1. The molecule has 3 aromatic rings. The van der Waals surface area contributed by atoms with Crippen LogP contribution >= 0.6 is 0 Å². The van der Waals surface area contributed by atoms with Gasteiger partial charge in [0.05, 0.1) is 23.1 Å². The van der Waals surface area contributed by atoms with Gasteiger partial charge in [-0.1, -0.05) is 11.6 Å². The molecule has 1 aromatic carbocycles. The molecule has 0 unspecified atom stereocenters. The molecule has 0 bridgehead atoms. The van der Waals surface area contributed by atoms with Crippen molar-refractivity contribution in [3.05, 3.63) is 63.7 Å². The highest BCUT2D eigenvalue weighted by atomic mass is 19.3. The molecule has 5 rings (SSSR count). The molecule has 0 radical (unpaired) electrons. The number of hydrogen-bond acceptors (Lipinski definition) is 6. The third-order valence-corrected chi connectivity index (χ3v) is 7.32. The van der Waals surface area contributed by atoms with Crippen molar-refractivity contribution in [1.29, 1.82) is 0 Å². The molecule has 11 heteroatoms. The van der Waals surface area contributed by atoms with Crippen molar-refractivity contribution in [2.24, 2.45) is 0 Å². The summed E-state index contributed by atoms with van der Waals surface area (Å²) < 4.78 is 39.3. The average molecular weight is 515 g/mol. The van der Waals surface area contributed by atoms with Gasteiger partial charge in [-0.3, -0.25) is 14.5 Å². The molecule has 37 heavy (non-hydrogen) atoms. The van der Waals surface area contributed by atoms with Crippen molar-refractivity contribution >= 4 is 22.5 Å². The Hall–Kier alpha value is -3.47. The predicted octanol–water partition coefficient (Wildman–Crippen LogP) is 3.22. The highest BCUT2D eigenvalue weighted by Crippen LogP contribution is 2.36. The summed E-state index contributed by atoms with van der Waals surface area (Å²) in [6.45, 7) is 3.83. The van der Waals surface area contributed by atoms with E-state index in [4.69, 9.17) is 4.98 Å². The van der Waals surface area contributed by atoms with Gasteiger partial charge in [-0.05, 0) is 50.5 Å². The maximum atomic E-state index is 14.7. The van der Waals surface area contributed by atoms with Crippen LogP contribution in [0.4, 0.5) is 18.9 Å². The number of anilines is 1. The smallest absolute Gasteiger partial charge is 0.270 e. The lowest BCUT2D eigenvalue weighted by Gasteiger charge is -2.39. The van der Waals surface area contributed by atoms with E-state index in [0.29, 0.717) is 30.2 Å². The number of pyridine rings is 1. The molecule has 2 fully saturated rings. The number of fused-ring (bicyclic) bond motifs is 1. The first kappa shape index (κ1) is 25.2. The number of aryl methyl sites for hydroxylation is 1. The average Bonchev–Trinajstić information content (AvgIpc) is 3.38. The second-order valence-electron chi connectivity index (χ2n) is 9.77. The van der Waals surface area contributed by atoms with Crippen LogP contribution in [0.3, 0.4) is 0 Å². The number of halogens is 3. The van der Waals surface area contributed by atoms with Crippen molar-refractivity contribution < 1.29 is 18.0 Å². The zero-order chi connectivity index (χ0) is 26.1. The van der Waals surface area contributed by atoms with Crippen LogP contribution in [0.25, 0.3) is 10.9 Å². The van der Waals surface area contributed by atoms with Gasteiger partial charge >= 0.3 is 0 Å². The minimum atomic E-state index is -2.69. The van der Waals surface area contributed by atoms with E-state index in [-0.39, 0.29) is 17.2 Å². The van der Waals surface area contributed by atoms with E-state index in [1.165, 1.54) is 12.1 Å². The van der Waals surface area contributed by atoms with Gasteiger partial charge in [0.25, 0.3) is 17.9 Å². The lowest BCUT2D eigenvalue weighted by Crippen LogP contribution is -2.50. The zero-order valence-corrected chi connectivity index (χ0v) is 20.5. The standard InChI is InChI=1S/C26H29F3N6O2/c1-15-2-5-19-18(12-15)25(36)33-24(32-19)16-3-4-17(13-16)34-8-10-35(11-9-34)21-7-6-20(31-23(21)29)26(37)30-14-22(27)28/h2,5-7,12,16-17,22H,3-4,8-11,13-14H2,1H3,(H,30,37)(H,32,33,36)/t16-,17+/m1/s1. The van der Waals surface area contributed by atoms with Gasteiger partial charge in [0, 0.05) is 38.1 Å². The predicted molar refractivity (Wildman–Crippen MR) is 134 cm³/mol. The lowest BCUT2D eigenvalue weighted by atomic mass is 10.1. The minimum absolute atomic E-state index is 0.103. The van der Waals surface area contributed by atoms with E-state index < -0.39 is 24.8 Å². The van der Waals surface area contributed by atoms with E-state index in [0.717, 1.165) is 49.3 Å². The number of amides is 1. The maximum Gasteiger partial charge on any atom is 0.270 e. The fraction of sp³-hybridized carbons (Fsp3) is 0.462. The molecule has 2 aromatic heterocycles. The van der Waals surface area contributed by atoms with Gasteiger partial charge in [-0.2, -0.15) is 4.39 Å². The summed E-state index contributed by atoms with van der Waals surface area (Å²) in [7, 11) is 0. The molecule has 2 atom stereocenters. The minimum Gasteiger partial charge on any atom is -0.365 e.